The van der Waals surface area contributed by atoms with Crippen molar-refractivity contribution >= 4 is 5.71 Å². The van der Waals surface area contributed by atoms with Crippen molar-refractivity contribution in [3.63, 3.8) is 0 Å². The van der Waals surface area contributed by atoms with E-state index in [1.54, 1.807) is 6.26 Å². The summed E-state index contributed by atoms with van der Waals surface area (Å²) in [5.41, 5.74) is 1.22. The average Bonchev–Trinajstić information content (AvgIpc) is 3.01. The summed E-state index contributed by atoms with van der Waals surface area (Å²) < 4.78 is 10.6. The molecule has 1 aromatic heterocycles. The first-order chi connectivity index (χ1) is 10.3. The van der Waals surface area contributed by atoms with E-state index in [2.05, 4.69) is 5.16 Å². The van der Waals surface area contributed by atoms with Crippen molar-refractivity contribution in [2.75, 3.05) is 26.4 Å². The van der Waals surface area contributed by atoms with E-state index in [1.165, 1.54) is 0 Å². The number of hydrogen-bond acceptors (Lipinski definition) is 5. The Bertz CT molecular complexity index is 582. The van der Waals surface area contributed by atoms with E-state index in [1.807, 2.05) is 42.5 Å². The van der Waals surface area contributed by atoms with Crippen molar-refractivity contribution < 1.29 is 19.1 Å². The molecule has 0 unspecified atom stereocenters. The summed E-state index contributed by atoms with van der Waals surface area (Å²) in [6.07, 6.45) is 1.60. The number of aliphatic hydroxyl groups excluding tert-OH is 1. The van der Waals surface area contributed by atoms with Crippen LogP contribution >= 0.6 is 0 Å². The van der Waals surface area contributed by atoms with E-state index in [-0.39, 0.29) is 12.0 Å². The van der Waals surface area contributed by atoms with Gasteiger partial charge in [-0.25, -0.2) is 0 Å². The van der Waals surface area contributed by atoms with Crippen LogP contribution in [0.5, 0.6) is 0 Å². The molecule has 5 nitrogen and oxygen atoms in total. The van der Waals surface area contributed by atoms with Crippen LogP contribution in [0.3, 0.4) is 0 Å². The number of benzene rings is 1. The van der Waals surface area contributed by atoms with Crippen LogP contribution in [0.15, 0.2) is 58.3 Å². The molecule has 110 valence electrons. The van der Waals surface area contributed by atoms with Crippen LogP contribution in [0.25, 0.3) is 0 Å². The maximum atomic E-state index is 9.38. The number of furan rings is 1. The Morgan fingerprint density at radius 3 is 2.57 bits per heavy atom. The summed E-state index contributed by atoms with van der Waals surface area (Å²) in [5, 5.41) is 13.6. The zero-order valence-electron chi connectivity index (χ0n) is 11.6. The molecular weight excluding hydrogens is 270 g/mol. The highest BCUT2D eigenvalue weighted by Crippen LogP contribution is 2.27. The van der Waals surface area contributed by atoms with E-state index >= 15 is 0 Å². The molecule has 0 atom stereocenters. The van der Waals surface area contributed by atoms with Gasteiger partial charge in [0.05, 0.1) is 31.5 Å². The van der Waals surface area contributed by atoms with Crippen LogP contribution in [0, 0.1) is 5.41 Å². The van der Waals surface area contributed by atoms with Crippen molar-refractivity contribution in [2.45, 2.75) is 0 Å². The maximum Gasteiger partial charge on any atom is 0.156 e. The first kappa shape index (κ1) is 13.9. The van der Waals surface area contributed by atoms with E-state index in [9.17, 15) is 5.11 Å². The van der Waals surface area contributed by atoms with Crippen molar-refractivity contribution in [2.24, 2.45) is 10.6 Å². The minimum Gasteiger partial charge on any atom is -0.463 e. The molecular formula is C16H17NO4. The van der Waals surface area contributed by atoms with E-state index < -0.39 is 0 Å². The van der Waals surface area contributed by atoms with Gasteiger partial charge in [-0.2, -0.15) is 0 Å². The van der Waals surface area contributed by atoms with Crippen LogP contribution in [-0.4, -0.2) is 37.2 Å². The normalized spacial score (nSPS) is 17.3. The number of rotatable bonds is 6. The van der Waals surface area contributed by atoms with E-state index in [4.69, 9.17) is 14.0 Å². The summed E-state index contributed by atoms with van der Waals surface area (Å²) in [6, 6.07) is 13.3. The predicted molar refractivity (Wildman–Crippen MR) is 77.1 cm³/mol. The lowest BCUT2D eigenvalue weighted by atomic mass is 9.88. The zero-order chi connectivity index (χ0) is 14.5. The van der Waals surface area contributed by atoms with Crippen LogP contribution in [0.2, 0.25) is 0 Å². The van der Waals surface area contributed by atoms with Crippen LogP contribution in [0.4, 0.5) is 0 Å². The quantitative estimate of drug-likeness (QED) is 0.652. The highest BCUT2D eigenvalue weighted by molar-refractivity contribution is 6.10. The lowest BCUT2D eigenvalue weighted by molar-refractivity contribution is -0.168. The second-order valence-corrected chi connectivity index (χ2v) is 5.21. The molecule has 0 spiro atoms. The first-order valence-corrected chi connectivity index (χ1v) is 6.81. The van der Waals surface area contributed by atoms with Crippen LogP contribution in [-0.2, 0) is 9.57 Å². The first-order valence-electron chi connectivity index (χ1n) is 6.81. The van der Waals surface area contributed by atoms with E-state index in [0.717, 1.165) is 5.56 Å². The van der Waals surface area contributed by atoms with E-state index in [0.29, 0.717) is 31.3 Å². The summed E-state index contributed by atoms with van der Waals surface area (Å²) in [7, 11) is 0. The molecule has 0 radical (unpaired) electrons. The molecule has 0 saturated carbocycles. The number of hydrogen-bond donors (Lipinski definition) is 1. The van der Waals surface area contributed by atoms with Gasteiger partial charge in [0, 0.05) is 5.56 Å². The van der Waals surface area contributed by atoms with Gasteiger partial charge in [0.1, 0.15) is 6.61 Å². The highest BCUT2D eigenvalue weighted by Gasteiger charge is 2.39. The summed E-state index contributed by atoms with van der Waals surface area (Å²) >= 11 is 0. The molecule has 0 amide bonds. The molecule has 3 rings (SSSR count). The van der Waals surface area contributed by atoms with Gasteiger partial charge in [0.25, 0.3) is 0 Å². The fourth-order valence-electron chi connectivity index (χ4n) is 2.09. The Hall–Kier alpha value is -2.11. The standard InChI is InChI=1S/C16H17NO4/c18-9-16(10-19-11-16)12-21-17-15(14-7-4-8-20-14)13-5-2-1-3-6-13/h1-8,18H,9-12H2/b17-15+. The number of oxime groups is 1. The van der Waals surface area contributed by atoms with Crippen molar-refractivity contribution in [3.8, 4) is 0 Å². The molecule has 21 heavy (non-hydrogen) atoms. The SMILES string of the molecule is OCC1(CO/N=C(\c2ccccc2)c2ccco2)COC1. The Balaban J connectivity index is 1.78. The number of nitrogens with zero attached hydrogens (tertiary/aromatic N) is 1. The van der Waals surface area contributed by atoms with Gasteiger partial charge in [-0.1, -0.05) is 35.5 Å². The van der Waals surface area contributed by atoms with Gasteiger partial charge < -0.3 is 19.1 Å². The predicted octanol–water partition coefficient (Wildman–Crippen LogP) is 2.06. The second kappa shape index (κ2) is 6.11. The minimum atomic E-state index is -0.325. The third-order valence-electron chi connectivity index (χ3n) is 3.48. The maximum absolute atomic E-state index is 9.38. The Morgan fingerprint density at radius 1 is 1.19 bits per heavy atom. The molecule has 1 aliphatic rings. The van der Waals surface area contributed by atoms with Crippen LogP contribution in [0.1, 0.15) is 11.3 Å². The average molecular weight is 287 g/mol. The van der Waals surface area contributed by atoms with Gasteiger partial charge in [-0.15, -0.1) is 0 Å². The lowest BCUT2D eigenvalue weighted by Crippen LogP contribution is -2.48. The van der Waals surface area contributed by atoms with Crippen molar-refractivity contribution in [1.29, 1.82) is 0 Å². The van der Waals surface area contributed by atoms with Gasteiger partial charge in [0.2, 0.25) is 0 Å². The third kappa shape index (κ3) is 2.99. The van der Waals surface area contributed by atoms with Crippen molar-refractivity contribution in [1.82, 2.24) is 0 Å². The van der Waals surface area contributed by atoms with Gasteiger partial charge in [-0.05, 0) is 12.1 Å². The number of aliphatic hydroxyl groups is 1. The van der Waals surface area contributed by atoms with Crippen molar-refractivity contribution in [3.05, 3.63) is 60.1 Å². The zero-order valence-corrected chi connectivity index (χ0v) is 11.6. The Morgan fingerprint density at radius 2 is 2.00 bits per heavy atom. The Labute approximate surface area is 122 Å². The second-order valence-electron chi connectivity index (χ2n) is 5.21. The molecule has 1 saturated heterocycles. The molecule has 1 aromatic carbocycles. The minimum absolute atomic E-state index is 0.0317. The molecule has 0 bridgehead atoms. The Kier molecular flexibility index (Phi) is 4.03. The number of ether oxygens (including phenoxy) is 1. The molecule has 0 aliphatic carbocycles. The summed E-state index contributed by atoms with van der Waals surface area (Å²) in [5.74, 6) is 0.643. The van der Waals surface area contributed by atoms with Gasteiger partial charge in [-0.3, -0.25) is 0 Å². The monoisotopic (exact) mass is 287 g/mol. The highest BCUT2D eigenvalue weighted by atomic mass is 16.6. The molecule has 5 heteroatoms. The summed E-state index contributed by atoms with van der Waals surface area (Å²) in [4.78, 5) is 5.46. The topological polar surface area (TPSA) is 64.2 Å². The lowest BCUT2D eigenvalue weighted by Gasteiger charge is -2.38. The molecule has 1 aliphatic heterocycles. The van der Waals surface area contributed by atoms with Gasteiger partial charge >= 0.3 is 0 Å². The fourth-order valence-corrected chi connectivity index (χ4v) is 2.09. The molecule has 1 N–H and O–H groups in total. The largest absolute Gasteiger partial charge is 0.463 e. The smallest absolute Gasteiger partial charge is 0.156 e. The van der Waals surface area contributed by atoms with Gasteiger partial charge in [0.15, 0.2) is 11.5 Å². The summed E-state index contributed by atoms with van der Waals surface area (Å²) in [6.45, 7) is 1.35. The van der Waals surface area contributed by atoms with Crippen LogP contribution < -0.4 is 0 Å². The fraction of sp³-hybridized carbons (Fsp3) is 0.312. The molecule has 2 heterocycles. The molecule has 2 aromatic rings. The third-order valence-corrected chi connectivity index (χ3v) is 3.48. The molecule has 1 fully saturated rings.